The number of esters is 1. The monoisotopic (exact) mass is 246 g/mol. The van der Waals surface area contributed by atoms with E-state index in [1.54, 1.807) is 0 Å². The van der Waals surface area contributed by atoms with Crippen molar-refractivity contribution in [3.63, 3.8) is 0 Å². The Labute approximate surface area is 105 Å². The second-order valence-electron chi connectivity index (χ2n) is 3.72. The quantitative estimate of drug-likeness (QED) is 0.809. The summed E-state index contributed by atoms with van der Waals surface area (Å²) in [5.41, 5.74) is 6.54. The van der Waals surface area contributed by atoms with Crippen molar-refractivity contribution in [3.8, 4) is 0 Å². The van der Waals surface area contributed by atoms with E-state index in [0.717, 1.165) is 5.56 Å². The summed E-state index contributed by atoms with van der Waals surface area (Å²) in [6, 6.07) is 9.45. The van der Waals surface area contributed by atoms with Crippen LogP contribution in [0.3, 0.4) is 0 Å². The molecule has 0 aliphatic rings. The Kier molecular flexibility index (Phi) is 4.09. The first-order valence-corrected chi connectivity index (χ1v) is 5.64. The third kappa shape index (κ3) is 2.95. The molecule has 0 aliphatic carbocycles. The van der Waals surface area contributed by atoms with Crippen LogP contribution in [0.15, 0.2) is 41.1 Å². The molecule has 2 N–H and O–H groups in total. The minimum atomic E-state index is -0.490. The fourth-order valence-electron chi connectivity index (χ4n) is 1.54. The third-order valence-corrected chi connectivity index (χ3v) is 2.42. The highest BCUT2D eigenvalue weighted by molar-refractivity contribution is 5.88. The van der Waals surface area contributed by atoms with E-state index >= 15 is 0 Å². The first-order valence-electron chi connectivity index (χ1n) is 5.64. The Balaban J connectivity index is 1.97. The first-order chi connectivity index (χ1) is 8.81. The van der Waals surface area contributed by atoms with Crippen LogP contribution in [-0.4, -0.2) is 17.5 Å². The van der Waals surface area contributed by atoms with Crippen molar-refractivity contribution in [3.05, 3.63) is 53.7 Å². The Morgan fingerprint density at radius 2 is 2.11 bits per heavy atom. The van der Waals surface area contributed by atoms with Gasteiger partial charge in [0, 0.05) is 6.42 Å². The molecular formula is C13H14N2O3. The number of carbonyl (C=O) groups excluding carboxylic acids is 1. The Bertz CT molecular complexity index is 508. The van der Waals surface area contributed by atoms with Crippen molar-refractivity contribution in [2.24, 2.45) is 5.73 Å². The summed E-state index contributed by atoms with van der Waals surface area (Å²) in [6.45, 7) is 0.614. The fraction of sp³-hybridized carbons (Fsp3) is 0.231. The summed E-state index contributed by atoms with van der Waals surface area (Å²) >= 11 is 0. The molecule has 1 aromatic heterocycles. The van der Waals surface area contributed by atoms with E-state index in [0.29, 0.717) is 18.7 Å². The van der Waals surface area contributed by atoms with Crippen LogP contribution in [0.1, 0.15) is 21.8 Å². The van der Waals surface area contributed by atoms with Crippen LogP contribution in [0.2, 0.25) is 0 Å². The number of benzene rings is 1. The van der Waals surface area contributed by atoms with E-state index in [1.807, 2.05) is 30.3 Å². The van der Waals surface area contributed by atoms with Gasteiger partial charge in [0.2, 0.25) is 0 Å². The first kappa shape index (κ1) is 12.3. The molecule has 18 heavy (non-hydrogen) atoms. The van der Waals surface area contributed by atoms with Gasteiger partial charge in [0.15, 0.2) is 12.1 Å². The van der Waals surface area contributed by atoms with Gasteiger partial charge in [-0.2, -0.15) is 0 Å². The molecule has 2 aromatic rings. The maximum atomic E-state index is 11.8. The number of oxazole rings is 1. The average molecular weight is 246 g/mol. The molecule has 0 unspecified atom stereocenters. The van der Waals surface area contributed by atoms with Crippen molar-refractivity contribution in [2.75, 3.05) is 6.54 Å². The molecular weight excluding hydrogens is 232 g/mol. The second kappa shape index (κ2) is 5.97. The van der Waals surface area contributed by atoms with Gasteiger partial charge in [0.05, 0.1) is 0 Å². The predicted molar refractivity (Wildman–Crippen MR) is 64.8 cm³/mol. The zero-order chi connectivity index (χ0) is 12.8. The molecule has 1 aromatic carbocycles. The molecule has 5 heteroatoms. The number of nitrogens with two attached hydrogens (primary N) is 1. The summed E-state index contributed by atoms with van der Waals surface area (Å²) in [6.07, 6.45) is 1.69. The number of carbonyl (C=O) groups is 1. The topological polar surface area (TPSA) is 78.4 Å². The number of hydrogen-bond acceptors (Lipinski definition) is 5. The van der Waals surface area contributed by atoms with Gasteiger partial charge in [0.25, 0.3) is 0 Å². The van der Waals surface area contributed by atoms with Gasteiger partial charge in [0.1, 0.15) is 12.4 Å². The Morgan fingerprint density at radius 1 is 1.33 bits per heavy atom. The minimum Gasteiger partial charge on any atom is -0.456 e. The maximum Gasteiger partial charge on any atom is 0.360 e. The van der Waals surface area contributed by atoms with E-state index in [4.69, 9.17) is 14.9 Å². The summed E-state index contributed by atoms with van der Waals surface area (Å²) in [5.74, 6) is -0.0217. The van der Waals surface area contributed by atoms with Crippen molar-refractivity contribution in [2.45, 2.75) is 13.0 Å². The number of nitrogens with zero attached hydrogens (tertiary/aromatic N) is 1. The second-order valence-corrected chi connectivity index (χ2v) is 3.72. The lowest BCUT2D eigenvalue weighted by Gasteiger charge is -2.03. The van der Waals surface area contributed by atoms with Crippen molar-refractivity contribution in [1.82, 2.24) is 4.98 Å². The number of rotatable bonds is 5. The highest BCUT2D eigenvalue weighted by Gasteiger charge is 2.17. The average Bonchev–Trinajstić information content (AvgIpc) is 2.86. The summed E-state index contributed by atoms with van der Waals surface area (Å²) in [4.78, 5) is 15.6. The molecule has 0 radical (unpaired) electrons. The smallest absolute Gasteiger partial charge is 0.360 e. The van der Waals surface area contributed by atoms with Crippen LogP contribution in [0.25, 0.3) is 0 Å². The predicted octanol–water partition coefficient (Wildman–Crippen LogP) is 1.53. The molecule has 94 valence electrons. The molecule has 2 rings (SSSR count). The van der Waals surface area contributed by atoms with Crippen LogP contribution in [0.5, 0.6) is 0 Å². The molecule has 0 saturated heterocycles. The lowest BCUT2D eigenvalue weighted by Crippen LogP contribution is -2.11. The SMILES string of the molecule is NCCc1ocnc1C(=O)OCc1ccccc1. The van der Waals surface area contributed by atoms with E-state index in [-0.39, 0.29) is 12.3 Å². The van der Waals surface area contributed by atoms with Crippen LogP contribution in [-0.2, 0) is 17.8 Å². The van der Waals surface area contributed by atoms with E-state index in [1.165, 1.54) is 6.39 Å². The van der Waals surface area contributed by atoms with Gasteiger partial charge in [-0.1, -0.05) is 30.3 Å². The molecule has 0 spiro atoms. The largest absolute Gasteiger partial charge is 0.456 e. The highest BCUT2D eigenvalue weighted by atomic mass is 16.5. The van der Waals surface area contributed by atoms with E-state index in [9.17, 15) is 4.79 Å². The van der Waals surface area contributed by atoms with Gasteiger partial charge in [-0.05, 0) is 12.1 Å². The number of aromatic nitrogens is 1. The van der Waals surface area contributed by atoms with Gasteiger partial charge >= 0.3 is 5.97 Å². The summed E-state index contributed by atoms with van der Waals surface area (Å²) in [5, 5.41) is 0. The van der Waals surface area contributed by atoms with Gasteiger partial charge in [-0.15, -0.1) is 0 Å². The molecule has 0 atom stereocenters. The molecule has 0 saturated carbocycles. The van der Waals surface area contributed by atoms with Crippen molar-refractivity contribution >= 4 is 5.97 Å². The zero-order valence-corrected chi connectivity index (χ0v) is 9.83. The molecule has 5 nitrogen and oxygen atoms in total. The number of ether oxygens (including phenoxy) is 1. The number of hydrogen-bond donors (Lipinski definition) is 1. The van der Waals surface area contributed by atoms with Gasteiger partial charge < -0.3 is 14.9 Å². The maximum absolute atomic E-state index is 11.8. The zero-order valence-electron chi connectivity index (χ0n) is 9.83. The van der Waals surface area contributed by atoms with Crippen LogP contribution in [0, 0.1) is 0 Å². The van der Waals surface area contributed by atoms with Gasteiger partial charge in [-0.3, -0.25) is 0 Å². The fourth-order valence-corrected chi connectivity index (χ4v) is 1.54. The standard InChI is InChI=1S/C13H14N2O3/c14-7-6-11-12(15-9-18-11)13(16)17-8-10-4-2-1-3-5-10/h1-5,9H,6-8,14H2. The minimum absolute atomic E-state index is 0.205. The normalized spacial score (nSPS) is 10.3. The molecule has 0 bridgehead atoms. The van der Waals surface area contributed by atoms with Crippen molar-refractivity contribution < 1.29 is 13.9 Å². The lowest BCUT2D eigenvalue weighted by molar-refractivity contribution is 0.0464. The molecule has 1 heterocycles. The third-order valence-electron chi connectivity index (χ3n) is 2.42. The summed E-state index contributed by atoms with van der Waals surface area (Å²) in [7, 11) is 0. The molecule has 0 amide bonds. The van der Waals surface area contributed by atoms with Gasteiger partial charge in [-0.25, -0.2) is 9.78 Å². The molecule has 0 fully saturated rings. The van der Waals surface area contributed by atoms with Crippen LogP contribution >= 0.6 is 0 Å². The Hall–Kier alpha value is -2.14. The van der Waals surface area contributed by atoms with E-state index < -0.39 is 5.97 Å². The van der Waals surface area contributed by atoms with Crippen LogP contribution < -0.4 is 5.73 Å². The summed E-state index contributed by atoms with van der Waals surface area (Å²) < 4.78 is 10.2. The van der Waals surface area contributed by atoms with Crippen molar-refractivity contribution in [1.29, 1.82) is 0 Å². The highest BCUT2D eigenvalue weighted by Crippen LogP contribution is 2.10. The molecule has 0 aliphatic heterocycles. The van der Waals surface area contributed by atoms with Crippen LogP contribution in [0.4, 0.5) is 0 Å². The Morgan fingerprint density at radius 3 is 2.83 bits per heavy atom. The van der Waals surface area contributed by atoms with E-state index in [2.05, 4.69) is 4.98 Å². The lowest BCUT2D eigenvalue weighted by atomic mass is 10.2.